The summed E-state index contributed by atoms with van der Waals surface area (Å²) < 4.78 is 42.4. The second-order valence-electron chi connectivity index (χ2n) is 7.54. The van der Waals surface area contributed by atoms with Gasteiger partial charge in [-0.25, -0.2) is 32.5 Å². The molecule has 0 saturated heterocycles. The SMILES string of the molecule is Nc1cccc(-c2nc3sccn3c2-c2ccnc(NCCNS(=O)(=O)c3cccc(F)c3)n2)c1. The Bertz CT molecular complexity index is 1620. The number of benzene rings is 2. The van der Waals surface area contributed by atoms with Gasteiger partial charge in [0.15, 0.2) is 4.96 Å². The molecule has 0 atom stereocenters. The molecular formula is C23H20FN7O2S2. The molecule has 3 aromatic heterocycles. The Balaban J connectivity index is 1.35. The summed E-state index contributed by atoms with van der Waals surface area (Å²) in [4.78, 5) is 14.3. The second kappa shape index (κ2) is 9.41. The van der Waals surface area contributed by atoms with Crippen LogP contribution in [-0.2, 0) is 10.0 Å². The first-order valence-corrected chi connectivity index (χ1v) is 12.9. The number of anilines is 2. The minimum atomic E-state index is -3.83. The van der Waals surface area contributed by atoms with Crippen LogP contribution in [0.1, 0.15) is 0 Å². The molecule has 4 N–H and O–H groups in total. The van der Waals surface area contributed by atoms with Crippen molar-refractivity contribution in [2.75, 3.05) is 24.1 Å². The van der Waals surface area contributed by atoms with Crippen molar-refractivity contribution in [3.8, 4) is 22.6 Å². The van der Waals surface area contributed by atoms with E-state index in [1.807, 2.05) is 40.2 Å². The fourth-order valence-corrected chi connectivity index (χ4v) is 5.35. The molecule has 5 rings (SSSR count). The van der Waals surface area contributed by atoms with Crippen molar-refractivity contribution < 1.29 is 12.8 Å². The maximum Gasteiger partial charge on any atom is 0.240 e. The normalized spacial score (nSPS) is 11.7. The Labute approximate surface area is 204 Å². The zero-order chi connectivity index (χ0) is 24.4. The van der Waals surface area contributed by atoms with Crippen molar-refractivity contribution in [3.05, 3.63) is 78.2 Å². The number of nitrogens with zero attached hydrogens (tertiary/aromatic N) is 4. The average molecular weight is 510 g/mol. The van der Waals surface area contributed by atoms with Crippen molar-refractivity contribution in [1.82, 2.24) is 24.1 Å². The number of sulfonamides is 1. The molecule has 0 bridgehead atoms. The average Bonchev–Trinajstić information content (AvgIpc) is 3.44. The number of imidazole rings is 1. The van der Waals surface area contributed by atoms with E-state index in [0.717, 1.165) is 28.0 Å². The standard InChI is InChI=1S/C23H20FN7O2S2/c24-16-4-2-6-18(14-16)35(32,33)28-10-9-27-22-26-8-7-19(29-22)21-20(15-3-1-5-17(25)13-15)30-23-31(21)11-12-34-23/h1-8,11-14,28H,9-10,25H2,(H,26,27,29). The molecule has 35 heavy (non-hydrogen) atoms. The maximum absolute atomic E-state index is 13.4. The first kappa shape index (κ1) is 22.9. The summed E-state index contributed by atoms with van der Waals surface area (Å²) in [6.07, 6.45) is 3.55. The van der Waals surface area contributed by atoms with E-state index in [1.54, 1.807) is 12.3 Å². The first-order valence-electron chi connectivity index (χ1n) is 10.5. The van der Waals surface area contributed by atoms with Gasteiger partial charge in [0.05, 0.1) is 16.3 Å². The number of hydrogen-bond donors (Lipinski definition) is 3. The van der Waals surface area contributed by atoms with Crippen LogP contribution >= 0.6 is 11.3 Å². The van der Waals surface area contributed by atoms with Gasteiger partial charge in [-0.3, -0.25) is 4.40 Å². The molecule has 0 aliphatic carbocycles. The van der Waals surface area contributed by atoms with Gasteiger partial charge in [0.25, 0.3) is 0 Å². The summed E-state index contributed by atoms with van der Waals surface area (Å²) in [7, 11) is -3.83. The lowest BCUT2D eigenvalue weighted by Gasteiger charge is -2.09. The number of halogens is 1. The number of nitrogens with two attached hydrogens (primary N) is 1. The third kappa shape index (κ3) is 4.85. The monoisotopic (exact) mass is 509 g/mol. The summed E-state index contributed by atoms with van der Waals surface area (Å²) in [6.45, 7) is 0.281. The molecule has 0 unspecified atom stereocenters. The Morgan fingerprint density at radius 1 is 1.06 bits per heavy atom. The van der Waals surface area contributed by atoms with Crippen LogP contribution in [-0.4, -0.2) is 40.9 Å². The number of nitrogen functional groups attached to an aromatic ring is 1. The molecular weight excluding hydrogens is 489 g/mol. The molecule has 0 radical (unpaired) electrons. The van der Waals surface area contributed by atoms with Crippen LogP contribution in [0.4, 0.5) is 16.0 Å². The summed E-state index contributed by atoms with van der Waals surface area (Å²) in [5.74, 6) is -0.287. The van der Waals surface area contributed by atoms with Crippen LogP contribution < -0.4 is 15.8 Å². The molecule has 9 nitrogen and oxygen atoms in total. The Morgan fingerprint density at radius 3 is 2.74 bits per heavy atom. The fourth-order valence-electron chi connectivity index (χ4n) is 3.57. The van der Waals surface area contributed by atoms with Crippen molar-refractivity contribution in [2.24, 2.45) is 0 Å². The van der Waals surface area contributed by atoms with E-state index in [1.165, 1.54) is 29.5 Å². The van der Waals surface area contributed by atoms with Gasteiger partial charge in [0.1, 0.15) is 11.5 Å². The van der Waals surface area contributed by atoms with Crippen LogP contribution in [0.2, 0.25) is 0 Å². The zero-order valence-electron chi connectivity index (χ0n) is 18.2. The number of fused-ring (bicyclic) bond motifs is 1. The van der Waals surface area contributed by atoms with Gasteiger partial charge in [-0.05, 0) is 36.4 Å². The molecule has 0 amide bonds. The summed E-state index contributed by atoms with van der Waals surface area (Å²) >= 11 is 1.51. The van der Waals surface area contributed by atoms with Crippen LogP contribution in [0.25, 0.3) is 27.6 Å². The Kier molecular flexibility index (Phi) is 6.16. The van der Waals surface area contributed by atoms with Crippen molar-refractivity contribution in [1.29, 1.82) is 0 Å². The van der Waals surface area contributed by atoms with Gasteiger partial charge in [0, 0.05) is 42.1 Å². The lowest BCUT2D eigenvalue weighted by Crippen LogP contribution is -2.29. The van der Waals surface area contributed by atoms with Gasteiger partial charge in [0.2, 0.25) is 16.0 Å². The van der Waals surface area contributed by atoms with Gasteiger partial charge in [-0.1, -0.05) is 18.2 Å². The third-order valence-electron chi connectivity index (χ3n) is 5.13. The summed E-state index contributed by atoms with van der Waals surface area (Å²) in [6, 6.07) is 14.1. The molecule has 178 valence electrons. The lowest BCUT2D eigenvalue weighted by atomic mass is 10.1. The van der Waals surface area contributed by atoms with E-state index >= 15 is 0 Å². The van der Waals surface area contributed by atoms with Crippen LogP contribution in [0, 0.1) is 5.82 Å². The van der Waals surface area contributed by atoms with Crippen LogP contribution in [0.3, 0.4) is 0 Å². The highest BCUT2D eigenvalue weighted by Crippen LogP contribution is 2.34. The van der Waals surface area contributed by atoms with Crippen LogP contribution in [0.5, 0.6) is 0 Å². The predicted molar refractivity (Wildman–Crippen MR) is 134 cm³/mol. The van der Waals surface area contributed by atoms with Gasteiger partial charge >= 0.3 is 0 Å². The highest BCUT2D eigenvalue weighted by Gasteiger charge is 2.19. The molecule has 0 saturated carbocycles. The quantitative estimate of drug-likeness (QED) is 0.215. The molecule has 12 heteroatoms. The van der Waals surface area contributed by atoms with Gasteiger partial charge in [-0.15, -0.1) is 11.3 Å². The largest absolute Gasteiger partial charge is 0.399 e. The number of hydrogen-bond acceptors (Lipinski definition) is 8. The van der Waals surface area contributed by atoms with E-state index in [9.17, 15) is 12.8 Å². The van der Waals surface area contributed by atoms with E-state index < -0.39 is 15.8 Å². The summed E-state index contributed by atoms with van der Waals surface area (Å²) in [5.41, 5.74) is 9.68. The van der Waals surface area contributed by atoms with E-state index in [4.69, 9.17) is 10.7 Å². The summed E-state index contributed by atoms with van der Waals surface area (Å²) in [5, 5.41) is 4.97. The highest BCUT2D eigenvalue weighted by molar-refractivity contribution is 7.89. The Hall–Kier alpha value is -3.87. The molecule has 2 aromatic carbocycles. The van der Waals surface area contributed by atoms with Crippen molar-refractivity contribution in [2.45, 2.75) is 4.90 Å². The van der Waals surface area contributed by atoms with Crippen molar-refractivity contribution >= 4 is 38.0 Å². The number of aromatic nitrogens is 4. The Morgan fingerprint density at radius 2 is 1.91 bits per heavy atom. The molecule has 0 aliphatic heterocycles. The van der Waals surface area contributed by atoms with Gasteiger partial charge in [-0.2, -0.15) is 0 Å². The minimum Gasteiger partial charge on any atom is -0.399 e. The van der Waals surface area contributed by atoms with Crippen LogP contribution in [0.15, 0.2) is 77.3 Å². The van der Waals surface area contributed by atoms with E-state index in [2.05, 4.69) is 20.0 Å². The number of nitrogens with one attached hydrogen (secondary N) is 2. The predicted octanol–water partition coefficient (Wildman–Crippen LogP) is 3.63. The second-order valence-corrected chi connectivity index (χ2v) is 10.2. The smallest absolute Gasteiger partial charge is 0.240 e. The van der Waals surface area contributed by atoms with E-state index in [-0.39, 0.29) is 18.0 Å². The van der Waals surface area contributed by atoms with E-state index in [0.29, 0.717) is 17.3 Å². The number of rotatable bonds is 8. The third-order valence-corrected chi connectivity index (χ3v) is 7.34. The molecule has 5 aromatic rings. The lowest BCUT2D eigenvalue weighted by molar-refractivity contribution is 0.579. The first-order chi connectivity index (χ1) is 16.9. The molecule has 3 heterocycles. The number of thiazole rings is 1. The van der Waals surface area contributed by atoms with Gasteiger partial charge < -0.3 is 11.1 Å². The fraction of sp³-hybridized carbons (Fsp3) is 0.0870. The molecule has 0 aliphatic rings. The highest BCUT2D eigenvalue weighted by atomic mass is 32.2. The minimum absolute atomic E-state index is 0.0580. The topological polar surface area (TPSA) is 127 Å². The molecule has 0 spiro atoms. The molecule has 0 fully saturated rings. The van der Waals surface area contributed by atoms with Crippen molar-refractivity contribution in [3.63, 3.8) is 0 Å². The maximum atomic E-state index is 13.4. The zero-order valence-corrected chi connectivity index (χ0v) is 19.9.